The van der Waals surface area contributed by atoms with Gasteiger partial charge in [0.2, 0.25) is 0 Å². The fraction of sp³-hybridized carbons (Fsp3) is 0.538. The Morgan fingerprint density at radius 3 is 2.32 bits per heavy atom. The molecule has 0 aromatic heterocycles. The molecule has 6 heteroatoms. The molecule has 0 saturated carbocycles. The molecule has 0 saturated heterocycles. The van der Waals surface area contributed by atoms with E-state index in [0.29, 0.717) is 45.3 Å². The van der Waals surface area contributed by atoms with Crippen LogP contribution in [0, 0.1) is 0 Å². The predicted molar refractivity (Wildman–Crippen MR) is 77.6 cm³/mol. The van der Waals surface area contributed by atoms with Gasteiger partial charge in [-0.15, -0.1) is 0 Å². The van der Waals surface area contributed by atoms with Gasteiger partial charge in [-0.25, -0.2) is 0 Å². The van der Waals surface area contributed by atoms with Crippen LogP contribution in [0.1, 0.15) is 0 Å². The molecule has 0 unspecified atom stereocenters. The molecule has 108 valence electrons. The lowest BCUT2D eigenvalue weighted by Gasteiger charge is -2.09. The molecule has 0 aliphatic heterocycles. The largest absolute Gasteiger partial charge is 0.490 e. The van der Waals surface area contributed by atoms with Gasteiger partial charge in [0, 0.05) is 18.9 Å². The third kappa shape index (κ3) is 7.37. The SMILES string of the molecule is COCCOCCOCCOc1cc(N)ccc1Br. The van der Waals surface area contributed by atoms with Crippen molar-refractivity contribution in [2.45, 2.75) is 0 Å². The van der Waals surface area contributed by atoms with Crippen molar-refractivity contribution in [3.8, 4) is 5.75 Å². The first-order valence-electron chi connectivity index (χ1n) is 6.06. The summed E-state index contributed by atoms with van der Waals surface area (Å²) in [5, 5.41) is 0. The van der Waals surface area contributed by atoms with E-state index in [2.05, 4.69) is 15.9 Å². The Bertz CT molecular complexity index is 362. The van der Waals surface area contributed by atoms with Gasteiger partial charge in [-0.1, -0.05) is 0 Å². The second-order valence-electron chi connectivity index (χ2n) is 3.76. The third-order valence-electron chi connectivity index (χ3n) is 2.24. The van der Waals surface area contributed by atoms with Crippen LogP contribution in [0.5, 0.6) is 5.75 Å². The number of rotatable bonds is 10. The average Bonchev–Trinajstić information content (AvgIpc) is 2.40. The average molecular weight is 334 g/mol. The number of halogens is 1. The first kappa shape index (κ1) is 16.2. The van der Waals surface area contributed by atoms with Gasteiger partial charge in [0.25, 0.3) is 0 Å². The Morgan fingerprint density at radius 2 is 1.63 bits per heavy atom. The highest BCUT2D eigenvalue weighted by molar-refractivity contribution is 9.10. The first-order chi connectivity index (χ1) is 9.24. The summed E-state index contributed by atoms with van der Waals surface area (Å²) >= 11 is 3.40. The van der Waals surface area contributed by atoms with Crippen LogP contribution in [-0.2, 0) is 14.2 Å². The molecule has 0 amide bonds. The summed E-state index contributed by atoms with van der Waals surface area (Å²) in [5.74, 6) is 0.722. The van der Waals surface area contributed by atoms with Crippen LogP contribution in [0.4, 0.5) is 5.69 Å². The molecule has 5 nitrogen and oxygen atoms in total. The zero-order chi connectivity index (χ0) is 13.9. The lowest BCUT2D eigenvalue weighted by atomic mass is 10.3. The van der Waals surface area contributed by atoms with Crippen LogP contribution in [-0.4, -0.2) is 46.8 Å². The Morgan fingerprint density at radius 1 is 1.00 bits per heavy atom. The number of anilines is 1. The van der Waals surface area contributed by atoms with Gasteiger partial charge in [-0.3, -0.25) is 0 Å². The second-order valence-corrected chi connectivity index (χ2v) is 4.61. The topological polar surface area (TPSA) is 62.9 Å². The van der Waals surface area contributed by atoms with E-state index >= 15 is 0 Å². The van der Waals surface area contributed by atoms with Crippen LogP contribution in [0.2, 0.25) is 0 Å². The minimum atomic E-state index is 0.472. The fourth-order valence-corrected chi connectivity index (χ4v) is 1.67. The van der Waals surface area contributed by atoms with Gasteiger partial charge in [-0.2, -0.15) is 0 Å². The molecule has 1 aromatic rings. The molecule has 0 aliphatic rings. The summed E-state index contributed by atoms with van der Waals surface area (Å²) in [7, 11) is 1.64. The van der Waals surface area contributed by atoms with Crippen molar-refractivity contribution >= 4 is 21.6 Å². The van der Waals surface area contributed by atoms with Gasteiger partial charge in [-0.05, 0) is 28.1 Å². The highest BCUT2D eigenvalue weighted by Gasteiger charge is 2.01. The van der Waals surface area contributed by atoms with Gasteiger partial charge in [0.05, 0.1) is 37.5 Å². The summed E-state index contributed by atoms with van der Waals surface area (Å²) < 4.78 is 21.9. The maximum Gasteiger partial charge on any atom is 0.135 e. The van der Waals surface area contributed by atoms with Crippen molar-refractivity contribution in [3.05, 3.63) is 22.7 Å². The highest BCUT2D eigenvalue weighted by Crippen LogP contribution is 2.26. The monoisotopic (exact) mass is 333 g/mol. The van der Waals surface area contributed by atoms with Crippen LogP contribution in [0.25, 0.3) is 0 Å². The molecular weight excluding hydrogens is 314 g/mol. The van der Waals surface area contributed by atoms with Crippen LogP contribution < -0.4 is 10.5 Å². The van der Waals surface area contributed by atoms with E-state index in [-0.39, 0.29) is 0 Å². The van der Waals surface area contributed by atoms with E-state index in [4.69, 9.17) is 24.7 Å². The van der Waals surface area contributed by atoms with E-state index in [1.807, 2.05) is 12.1 Å². The van der Waals surface area contributed by atoms with E-state index in [1.165, 1.54) is 0 Å². The molecule has 0 spiro atoms. The summed E-state index contributed by atoms with van der Waals surface area (Å²) in [6.45, 7) is 3.28. The Labute approximate surface area is 122 Å². The summed E-state index contributed by atoms with van der Waals surface area (Å²) in [5.41, 5.74) is 6.35. The molecule has 0 aliphatic carbocycles. The van der Waals surface area contributed by atoms with E-state index in [1.54, 1.807) is 13.2 Å². The predicted octanol–water partition coefficient (Wildman–Crippen LogP) is 2.09. The molecule has 0 fully saturated rings. The zero-order valence-corrected chi connectivity index (χ0v) is 12.6. The maximum absolute atomic E-state index is 5.68. The van der Waals surface area contributed by atoms with Crippen LogP contribution in [0.15, 0.2) is 22.7 Å². The van der Waals surface area contributed by atoms with Gasteiger partial charge >= 0.3 is 0 Å². The molecule has 19 heavy (non-hydrogen) atoms. The molecule has 1 rings (SSSR count). The van der Waals surface area contributed by atoms with Crippen molar-refractivity contribution in [1.82, 2.24) is 0 Å². The minimum absolute atomic E-state index is 0.472. The Kier molecular flexibility index (Phi) is 8.57. The third-order valence-corrected chi connectivity index (χ3v) is 2.90. The van der Waals surface area contributed by atoms with Crippen molar-refractivity contribution in [3.63, 3.8) is 0 Å². The molecular formula is C13H20BrNO4. The van der Waals surface area contributed by atoms with Gasteiger partial charge < -0.3 is 24.7 Å². The Hall–Kier alpha value is -0.820. The van der Waals surface area contributed by atoms with Crippen molar-refractivity contribution in [2.24, 2.45) is 0 Å². The lowest BCUT2D eigenvalue weighted by molar-refractivity contribution is 0.0179. The standard InChI is InChI=1S/C13H20BrNO4/c1-16-4-5-17-6-7-18-8-9-19-13-10-11(15)2-3-12(13)14/h2-3,10H,4-9,15H2,1H3. The molecule has 0 heterocycles. The summed E-state index contributed by atoms with van der Waals surface area (Å²) in [6.07, 6.45) is 0. The van der Waals surface area contributed by atoms with E-state index in [0.717, 1.165) is 10.2 Å². The molecule has 0 radical (unpaired) electrons. The van der Waals surface area contributed by atoms with Crippen LogP contribution >= 0.6 is 15.9 Å². The zero-order valence-electron chi connectivity index (χ0n) is 11.1. The number of methoxy groups -OCH3 is 1. The maximum atomic E-state index is 5.68. The second kappa shape index (κ2) is 10.0. The molecule has 1 aromatic carbocycles. The number of ether oxygens (including phenoxy) is 4. The minimum Gasteiger partial charge on any atom is -0.490 e. The van der Waals surface area contributed by atoms with E-state index in [9.17, 15) is 0 Å². The number of benzene rings is 1. The van der Waals surface area contributed by atoms with E-state index < -0.39 is 0 Å². The van der Waals surface area contributed by atoms with Gasteiger partial charge in [0.1, 0.15) is 12.4 Å². The van der Waals surface area contributed by atoms with Crippen molar-refractivity contribution in [2.75, 3.05) is 52.5 Å². The van der Waals surface area contributed by atoms with Crippen molar-refractivity contribution < 1.29 is 18.9 Å². The smallest absolute Gasteiger partial charge is 0.135 e. The first-order valence-corrected chi connectivity index (χ1v) is 6.85. The molecule has 0 atom stereocenters. The summed E-state index contributed by atoms with van der Waals surface area (Å²) in [6, 6.07) is 5.44. The number of hydrogen-bond acceptors (Lipinski definition) is 5. The Balaban J connectivity index is 2.03. The number of nitrogens with two attached hydrogens (primary N) is 1. The van der Waals surface area contributed by atoms with Gasteiger partial charge in [0.15, 0.2) is 0 Å². The quantitative estimate of drug-likeness (QED) is 0.524. The number of nitrogen functional groups attached to an aromatic ring is 1. The molecule has 0 bridgehead atoms. The van der Waals surface area contributed by atoms with Crippen LogP contribution in [0.3, 0.4) is 0 Å². The highest BCUT2D eigenvalue weighted by atomic mass is 79.9. The van der Waals surface area contributed by atoms with Crippen molar-refractivity contribution in [1.29, 1.82) is 0 Å². The summed E-state index contributed by atoms with van der Waals surface area (Å²) in [4.78, 5) is 0. The molecule has 2 N–H and O–H groups in total. The fourth-order valence-electron chi connectivity index (χ4n) is 1.31. The lowest BCUT2D eigenvalue weighted by Crippen LogP contribution is -2.12. The normalized spacial score (nSPS) is 10.6. The number of hydrogen-bond donors (Lipinski definition) is 1.